The molecule has 0 radical (unpaired) electrons. The van der Waals surface area contributed by atoms with Crippen molar-refractivity contribution in [2.45, 2.75) is 19.3 Å². The quantitative estimate of drug-likeness (QED) is 0.766. The Labute approximate surface area is 153 Å². The fourth-order valence-corrected chi connectivity index (χ4v) is 2.89. The fraction of sp³-hybridized carbons (Fsp3) is 0.235. The van der Waals surface area contributed by atoms with E-state index in [2.05, 4.69) is 26.2 Å². The van der Waals surface area contributed by atoms with Crippen LogP contribution in [0.3, 0.4) is 0 Å². The third kappa shape index (κ3) is 3.76. The van der Waals surface area contributed by atoms with Gasteiger partial charge in [0.15, 0.2) is 0 Å². The van der Waals surface area contributed by atoms with Gasteiger partial charge < -0.3 is 10.1 Å². The van der Waals surface area contributed by atoms with Crippen LogP contribution in [0, 0.1) is 0 Å². The highest BCUT2D eigenvalue weighted by atomic mass is 79.9. The third-order valence-electron chi connectivity index (χ3n) is 3.62. The Morgan fingerprint density at radius 2 is 1.96 bits per heavy atom. The number of rotatable bonds is 4. The number of anilines is 1. The standard InChI is InChI=1S/C17H16BrClN2O3/c1-17(2,11-6-4-5-7-13(11)19)16(23)21-14-8-10(15(22)24-3)12(18)9-20-14/h4-9H,1-3H3,(H,20,21,23). The van der Waals surface area contributed by atoms with Gasteiger partial charge in [-0.1, -0.05) is 29.8 Å². The Morgan fingerprint density at radius 1 is 1.29 bits per heavy atom. The van der Waals surface area contributed by atoms with Gasteiger partial charge in [0.25, 0.3) is 0 Å². The molecule has 0 saturated heterocycles. The molecule has 1 aromatic heterocycles. The summed E-state index contributed by atoms with van der Waals surface area (Å²) >= 11 is 9.43. The van der Waals surface area contributed by atoms with Crippen molar-refractivity contribution < 1.29 is 14.3 Å². The van der Waals surface area contributed by atoms with E-state index in [1.54, 1.807) is 32.0 Å². The molecule has 126 valence electrons. The van der Waals surface area contributed by atoms with E-state index >= 15 is 0 Å². The summed E-state index contributed by atoms with van der Waals surface area (Å²) in [5.74, 6) is -0.560. The number of pyridine rings is 1. The molecule has 0 aliphatic heterocycles. The molecule has 2 rings (SSSR count). The van der Waals surface area contributed by atoms with Crippen LogP contribution >= 0.6 is 27.5 Å². The van der Waals surface area contributed by atoms with Gasteiger partial charge in [0.2, 0.25) is 5.91 Å². The average Bonchev–Trinajstić information content (AvgIpc) is 2.56. The van der Waals surface area contributed by atoms with Crippen molar-refractivity contribution in [3.05, 3.63) is 57.2 Å². The monoisotopic (exact) mass is 410 g/mol. The van der Waals surface area contributed by atoms with E-state index < -0.39 is 11.4 Å². The molecule has 0 bridgehead atoms. The third-order valence-corrected chi connectivity index (χ3v) is 4.58. The lowest BCUT2D eigenvalue weighted by Crippen LogP contribution is -2.35. The van der Waals surface area contributed by atoms with E-state index in [0.717, 1.165) is 0 Å². The summed E-state index contributed by atoms with van der Waals surface area (Å²) in [6.07, 6.45) is 1.43. The van der Waals surface area contributed by atoms with Crippen LogP contribution in [0.2, 0.25) is 5.02 Å². The molecule has 1 amide bonds. The van der Waals surface area contributed by atoms with E-state index in [9.17, 15) is 9.59 Å². The Morgan fingerprint density at radius 3 is 2.58 bits per heavy atom. The van der Waals surface area contributed by atoms with Gasteiger partial charge in [0, 0.05) is 11.2 Å². The number of carbonyl (C=O) groups excluding carboxylic acids is 2. The average molecular weight is 412 g/mol. The van der Waals surface area contributed by atoms with Crippen molar-refractivity contribution in [3.8, 4) is 0 Å². The Kier molecular flexibility index (Phi) is 5.62. The first-order valence-electron chi connectivity index (χ1n) is 7.07. The zero-order chi connectivity index (χ0) is 17.9. The topological polar surface area (TPSA) is 68.3 Å². The van der Waals surface area contributed by atoms with E-state index in [1.165, 1.54) is 19.4 Å². The molecule has 0 atom stereocenters. The number of ether oxygens (including phenoxy) is 1. The minimum Gasteiger partial charge on any atom is -0.465 e. The molecular weight excluding hydrogens is 396 g/mol. The smallest absolute Gasteiger partial charge is 0.339 e. The van der Waals surface area contributed by atoms with Crippen molar-refractivity contribution in [2.75, 3.05) is 12.4 Å². The number of hydrogen-bond donors (Lipinski definition) is 1. The van der Waals surface area contributed by atoms with E-state index in [-0.39, 0.29) is 17.3 Å². The molecule has 5 nitrogen and oxygen atoms in total. The first-order valence-corrected chi connectivity index (χ1v) is 8.24. The summed E-state index contributed by atoms with van der Waals surface area (Å²) in [5, 5.41) is 3.23. The summed E-state index contributed by atoms with van der Waals surface area (Å²) in [7, 11) is 1.29. The van der Waals surface area contributed by atoms with E-state index in [1.807, 2.05) is 6.07 Å². The van der Waals surface area contributed by atoms with Crippen molar-refractivity contribution in [3.63, 3.8) is 0 Å². The maximum atomic E-state index is 12.7. The molecule has 1 aromatic carbocycles. The number of hydrogen-bond acceptors (Lipinski definition) is 4. The molecule has 0 unspecified atom stereocenters. The summed E-state index contributed by atoms with van der Waals surface area (Å²) in [5.41, 5.74) is 0.103. The van der Waals surface area contributed by atoms with Gasteiger partial charge in [-0.25, -0.2) is 9.78 Å². The molecule has 24 heavy (non-hydrogen) atoms. The highest BCUT2D eigenvalue weighted by Gasteiger charge is 2.32. The summed E-state index contributed by atoms with van der Waals surface area (Å²) in [4.78, 5) is 28.5. The lowest BCUT2D eigenvalue weighted by molar-refractivity contribution is -0.120. The SMILES string of the molecule is COC(=O)c1cc(NC(=O)C(C)(C)c2ccccc2Cl)ncc1Br. The highest BCUT2D eigenvalue weighted by molar-refractivity contribution is 9.10. The number of nitrogens with one attached hydrogen (secondary N) is 1. The largest absolute Gasteiger partial charge is 0.465 e. The minimum absolute atomic E-state index is 0.253. The van der Waals surface area contributed by atoms with Gasteiger partial charge in [-0.05, 0) is 47.5 Å². The molecule has 0 fully saturated rings. The number of aromatic nitrogens is 1. The summed E-state index contributed by atoms with van der Waals surface area (Å²) in [6, 6.07) is 8.62. The van der Waals surface area contributed by atoms with Crippen LogP contribution in [-0.4, -0.2) is 24.0 Å². The zero-order valence-corrected chi connectivity index (χ0v) is 15.7. The van der Waals surface area contributed by atoms with Crippen LogP contribution in [0.25, 0.3) is 0 Å². The number of halogens is 2. The van der Waals surface area contributed by atoms with Crippen LogP contribution in [-0.2, 0) is 14.9 Å². The maximum Gasteiger partial charge on any atom is 0.339 e. The van der Waals surface area contributed by atoms with Gasteiger partial charge in [0.1, 0.15) is 5.82 Å². The number of nitrogens with zero attached hydrogens (tertiary/aromatic N) is 1. The zero-order valence-electron chi connectivity index (χ0n) is 13.4. The molecule has 7 heteroatoms. The van der Waals surface area contributed by atoms with Crippen LogP contribution in [0.15, 0.2) is 41.0 Å². The second kappa shape index (κ2) is 7.32. The predicted molar refractivity (Wildman–Crippen MR) is 96.4 cm³/mol. The number of amides is 1. The van der Waals surface area contributed by atoms with Crippen LogP contribution in [0.5, 0.6) is 0 Å². The predicted octanol–water partition coefficient (Wildman–Crippen LogP) is 4.20. The van der Waals surface area contributed by atoms with E-state index in [4.69, 9.17) is 16.3 Å². The van der Waals surface area contributed by atoms with Gasteiger partial charge in [-0.3, -0.25) is 4.79 Å². The first kappa shape index (κ1) is 18.4. The van der Waals surface area contributed by atoms with Gasteiger partial charge >= 0.3 is 5.97 Å². The van der Waals surface area contributed by atoms with Crippen LogP contribution < -0.4 is 5.32 Å². The second-order valence-electron chi connectivity index (χ2n) is 5.60. The molecule has 0 aliphatic carbocycles. The Bertz CT molecular complexity index is 793. The summed E-state index contributed by atoms with van der Waals surface area (Å²) < 4.78 is 5.19. The van der Waals surface area contributed by atoms with Crippen LogP contribution in [0.4, 0.5) is 5.82 Å². The Hall–Kier alpha value is -1.92. The highest BCUT2D eigenvalue weighted by Crippen LogP contribution is 2.31. The number of carbonyl (C=O) groups is 2. The molecule has 1 heterocycles. The molecule has 0 aliphatic rings. The van der Waals surface area contributed by atoms with Gasteiger partial charge in [0.05, 0.1) is 22.6 Å². The van der Waals surface area contributed by atoms with Crippen molar-refractivity contribution in [1.82, 2.24) is 4.98 Å². The van der Waals surface area contributed by atoms with Gasteiger partial charge in [-0.15, -0.1) is 0 Å². The van der Waals surface area contributed by atoms with Crippen molar-refractivity contribution >= 4 is 45.2 Å². The molecule has 0 spiro atoms. The lowest BCUT2D eigenvalue weighted by Gasteiger charge is -2.25. The number of esters is 1. The normalized spacial score (nSPS) is 11.0. The van der Waals surface area contributed by atoms with Crippen molar-refractivity contribution in [1.29, 1.82) is 0 Å². The number of benzene rings is 1. The molecule has 2 aromatic rings. The first-order chi connectivity index (χ1) is 11.3. The molecular formula is C17H16BrClN2O3. The molecule has 1 N–H and O–H groups in total. The maximum absolute atomic E-state index is 12.7. The Balaban J connectivity index is 2.29. The van der Waals surface area contributed by atoms with Crippen molar-refractivity contribution in [2.24, 2.45) is 0 Å². The summed E-state index contributed by atoms with van der Waals surface area (Å²) in [6.45, 7) is 3.53. The lowest BCUT2D eigenvalue weighted by atomic mass is 9.83. The van der Waals surface area contributed by atoms with Gasteiger partial charge in [-0.2, -0.15) is 0 Å². The van der Waals surface area contributed by atoms with E-state index in [0.29, 0.717) is 15.1 Å². The minimum atomic E-state index is -0.876. The fourth-order valence-electron chi connectivity index (χ4n) is 2.14. The molecule has 0 saturated carbocycles. The second-order valence-corrected chi connectivity index (χ2v) is 6.86. The van der Waals surface area contributed by atoms with Crippen LogP contribution in [0.1, 0.15) is 29.8 Å². The number of methoxy groups -OCH3 is 1.